The number of piperidine rings is 1. The fourth-order valence-corrected chi connectivity index (χ4v) is 3.66. The van der Waals surface area contributed by atoms with Crippen LogP contribution in [0.3, 0.4) is 0 Å². The molecule has 132 valence electrons. The normalized spacial score (nSPS) is 17.4. The number of carbonyl (C=O) groups excluding carboxylic acids is 1. The summed E-state index contributed by atoms with van der Waals surface area (Å²) in [5.41, 5.74) is 3.32. The standard InChI is InChI=1S/C20H24ClN3O/c1-3-17-6-4-5-9-24(17)18-11-15(12-22-13-18)20(25)23-19-8-7-16(21)10-14(19)2/h7-8,10-13,17H,3-6,9H2,1-2H3,(H,23,25). The number of nitrogens with zero attached hydrogens (tertiary/aromatic N) is 2. The highest BCUT2D eigenvalue weighted by Crippen LogP contribution is 2.27. The molecular formula is C20H24ClN3O. The van der Waals surface area contributed by atoms with Crippen molar-refractivity contribution in [3.05, 3.63) is 52.8 Å². The van der Waals surface area contributed by atoms with E-state index in [0.29, 0.717) is 16.6 Å². The molecule has 1 aromatic heterocycles. The molecule has 1 aliphatic heterocycles. The third-order valence-electron chi connectivity index (χ3n) is 4.85. The van der Waals surface area contributed by atoms with Crippen molar-refractivity contribution in [1.82, 2.24) is 4.98 Å². The molecule has 0 radical (unpaired) electrons. The summed E-state index contributed by atoms with van der Waals surface area (Å²) in [6, 6.07) is 7.92. The Bertz CT molecular complexity index is 762. The Labute approximate surface area is 154 Å². The van der Waals surface area contributed by atoms with Crippen molar-refractivity contribution in [1.29, 1.82) is 0 Å². The van der Waals surface area contributed by atoms with Gasteiger partial charge in [0.1, 0.15) is 0 Å². The zero-order valence-electron chi connectivity index (χ0n) is 14.8. The second kappa shape index (κ2) is 7.87. The Morgan fingerprint density at radius 1 is 1.32 bits per heavy atom. The molecule has 0 bridgehead atoms. The van der Waals surface area contributed by atoms with Gasteiger partial charge in [-0.1, -0.05) is 18.5 Å². The largest absolute Gasteiger partial charge is 0.367 e. The Morgan fingerprint density at radius 2 is 2.16 bits per heavy atom. The van der Waals surface area contributed by atoms with Crippen LogP contribution in [0.25, 0.3) is 0 Å². The number of aryl methyl sites for hydroxylation is 1. The number of pyridine rings is 1. The van der Waals surface area contributed by atoms with Gasteiger partial charge in [-0.3, -0.25) is 9.78 Å². The summed E-state index contributed by atoms with van der Waals surface area (Å²) in [6.07, 6.45) is 8.26. The minimum atomic E-state index is -0.148. The quantitative estimate of drug-likeness (QED) is 0.831. The fourth-order valence-electron chi connectivity index (χ4n) is 3.44. The number of hydrogen-bond acceptors (Lipinski definition) is 3. The summed E-state index contributed by atoms with van der Waals surface area (Å²) in [6.45, 7) is 5.17. The first kappa shape index (κ1) is 17.7. The monoisotopic (exact) mass is 357 g/mol. The Kier molecular flexibility index (Phi) is 5.59. The number of carbonyl (C=O) groups is 1. The third-order valence-corrected chi connectivity index (χ3v) is 5.09. The highest BCUT2D eigenvalue weighted by atomic mass is 35.5. The maximum Gasteiger partial charge on any atom is 0.257 e. The van der Waals surface area contributed by atoms with Crippen molar-refractivity contribution in [3.63, 3.8) is 0 Å². The molecule has 1 aliphatic rings. The average Bonchev–Trinajstić information content (AvgIpc) is 2.64. The first-order valence-corrected chi connectivity index (χ1v) is 9.25. The van der Waals surface area contributed by atoms with Gasteiger partial charge < -0.3 is 10.2 Å². The van der Waals surface area contributed by atoms with E-state index in [1.165, 1.54) is 19.3 Å². The molecule has 0 saturated carbocycles. The molecule has 1 aromatic carbocycles. The van der Waals surface area contributed by atoms with E-state index in [1.807, 2.05) is 31.3 Å². The molecule has 5 heteroatoms. The molecule has 1 amide bonds. The van der Waals surface area contributed by atoms with Crippen LogP contribution in [0.15, 0.2) is 36.7 Å². The van der Waals surface area contributed by atoms with Gasteiger partial charge in [-0.2, -0.15) is 0 Å². The van der Waals surface area contributed by atoms with E-state index in [0.717, 1.165) is 29.9 Å². The van der Waals surface area contributed by atoms with E-state index < -0.39 is 0 Å². The van der Waals surface area contributed by atoms with Crippen LogP contribution in [0.5, 0.6) is 0 Å². The van der Waals surface area contributed by atoms with Crippen molar-refractivity contribution >= 4 is 28.9 Å². The highest BCUT2D eigenvalue weighted by Gasteiger charge is 2.22. The summed E-state index contributed by atoms with van der Waals surface area (Å²) >= 11 is 5.98. The topological polar surface area (TPSA) is 45.2 Å². The molecular weight excluding hydrogens is 334 g/mol. The summed E-state index contributed by atoms with van der Waals surface area (Å²) in [4.78, 5) is 19.3. The number of hydrogen-bond donors (Lipinski definition) is 1. The molecule has 0 spiro atoms. The van der Waals surface area contributed by atoms with Gasteiger partial charge in [0.25, 0.3) is 5.91 Å². The van der Waals surface area contributed by atoms with Crippen LogP contribution in [0.4, 0.5) is 11.4 Å². The van der Waals surface area contributed by atoms with Crippen LogP contribution in [0, 0.1) is 6.92 Å². The number of amides is 1. The van der Waals surface area contributed by atoms with Crippen LogP contribution in [0.1, 0.15) is 48.5 Å². The smallest absolute Gasteiger partial charge is 0.257 e. The summed E-state index contributed by atoms with van der Waals surface area (Å²) in [7, 11) is 0. The van der Waals surface area contributed by atoms with E-state index in [9.17, 15) is 4.79 Å². The van der Waals surface area contributed by atoms with Crippen molar-refractivity contribution in [3.8, 4) is 0 Å². The molecule has 1 unspecified atom stereocenters. The first-order valence-electron chi connectivity index (χ1n) is 8.87. The van der Waals surface area contributed by atoms with Crippen LogP contribution >= 0.6 is 11.6 Å². The summed E-state index contributed by atoms with van der Waals surface area (Å²) in [5, 5.41) is 3.61. The number of benzene rings is 1. The van der Waals surface area contributed by atoms with Gasteiger partial charge in [-0.05, 0) is 62.4 Å². The lowest BCUT2D eigenvalue weighted by Gasteiger charge is -2.37. The van der Waals surface area contributed by atoms with E-state index in [1.54, 1.807) is 12.3 Å². The molecule has 2 aromatic rings. The SMILES string of the molecule is CCC1CCCCN1c1cncc(C(=O)Nc2ccc(Cl)cc2C)c1. The Hall–Kier alpha value is -2.07. The number of nitrogens with one attached hydrogen (secondary N) is 1. The minimum Gasteiger partial charge on any atom is -0.367 e. The molecule has 3 rings (SSSR count). The van der Waals surface area contributed by atoms with E-state index >= 15 is 0 Å². The van der Waals surface area contributed by atoms with Crippen LogP contribution in [-0.2, 0) is 0 Å². The van der Waals surface area contributed by atoms with Gasteiger partial charge in [0.05, 0.1) is 17.4 Å². The summed E-state index contributed by atoms with van der Waals surface area (Å²) in [5.74, 6) is -0.148. The molecule has 25 heavy (non-hydrogen) atoms. The van der Waals surface area contributed by atoms with Crippen LogP contribution in [-0.4, -0.2) is 23.5 Å². The molecule has 1 fully saturated rings. The number of aromatic nitrogens is 1. The maximum atomic E-state index is 12.6. The van der Waals surface area contributed by atoms with Crippen molar-refractivity contribution < 1.29 is 4.79 Å². The molecule has 1 saturated heterocycles. The Morgan fingerprint density at radius 3 is 2.92 bits per heavy atom. The van der Waals surface area contributed by atoms with Crippen molar-refractivity contribution in [2.24, 2.45) is 0 Å². The van der Waals surface area contributed by atoms with Gasteiger partial charge in [-0.25, -0.2) is 0 Å². The summed E-state index contributed by atoms with van der Waals surface area (Å²) < 4.78 is 0. The minimum absolute atomic E-state index is 0.148. The third kappa shape index (κ3) is 4.13. The lowest BCUT2D eigenvalue weighted by molar-refractivity contribution is 0.102. The van der Waals surface area contributed by atoms with Gasteiger partial charge >= 0.3 is 0 Å². The molecule has 2 heterocycles. The number of halogens is 1. The van der Waals surface area contributed by atoms with E-state index in [-0.39, 0.29) is 5.91 Å². The zero-order chi connectivity index (χ0) is 17.8. The molecule has 4 nitrogen and oxygen atoms in total. The molecule has 1 N–H and O–H groups in total. The second-order valence-corrected chi connectivity index (χ2v) is 7.03. The van der Waals surface area contributed by atoms with Crippen molar-refractivity contribution in [2.75, 3.05) is 16.8 Å². The average molecular weight is 358 g/mol. The van der Waals surface area contributed by atoms with Crippen LogP contribution < -0.4 is 10.2 Å². The molecule has 0 aliphatic carbocycles. The lowest BCUT2D eigenvalue weighted by atomic mass is 9.99. The first-order chi connectivity index (χ1) is 12.1. The second-order valence-electron chi connectivity index (χ2n) is 6.60. The zero-order valence-corrected chi connectivity index (χ0v) is 15.5. The molecule has 1 atom stereocenters. The van der Waals surface area contributed by atoms with Gasteiger partial charge in [0.2, 0.25) is 0 Å². The van der Waals surface area contributed by atoms with Gasteiger partial charge in [0.15, 0.2) is 0 Å². The highest BCUT2D eigenvalue weighted by molar-refractivity contribution is 6.30. The Balaban J connectivity index is 1.79. The number of rotatable bonds is 4. The number of anilines is 2. The maximum absolute atomic E-state index is 12.6. The van der Waals surface area contributed by atoms with Crippen molar-refractivity contribution in [2.45, 2.75) is 45.6 Å². The lowest BCUT2D eigenvalue weighted by Crippen LogP contribution is -2.39. The van der Waals surface area contributed by atoms with E-state index in [4.69, 9.17) is 11.6 Å². The predicted octanol–water partition coefficient (Wildman–Crippen LogP) is 5.06. The van der Waals surface area contributed by atoms with Gasteiger partial charge in [-0.15, -0.1) is 0 Å². The fraction of sp³-hybridized carbons (Fsp3) is 0.400. The van der Waals surface area contributed by atoms with E-state index in [2.05, 4.69) is 22.1 Å². The predicted molar refractivity (Wildman–Crippen MR) is 104 cm³/mol. The van der Waals surface area contributed by atoms with Gasteiger partial charge in [0, 0.05) is 29.5 Å². The van der Waals surface area contributed by atoms with Crippen LogP contribution in [0.2, 0.25) is 5.02 Å².